The second-order valence-electron chi connectivity index (χ2n) is 4.33. The van der Waals surface area contributed by atoms with Crippen molar-refractivity contribution in [3.05, 3.63) is 73.5 Å². The molecule has 5 nitrogen and oxygen atoms in total. The highest BCUT2D eigenvalue weighted by Gasteiger charge is 2.04. The van der Waals surface area contributed by atoms with Gasteiger partial charge >= 0.3 is 0 Å². The van der Waals surface area contributed by atoms with Crippen LogP contribution in [0.2, 0.25) is 10.0 Å². The number of amides is 1. The van der Waals surface area contributed by atoms with Crippen LogP contribution in [0.3, 0.4) is 0 Å². The molecular formula is C15H12BrCl2NO4S. The van der Waals surface area contributed by atoms with E-state index in [0.29, 0.717) is 31.1 Å². The van der Waals surface area contributed by atoms with Crippen molar-refractivity contribution in [3.8, 4) is 0 Å². The lowest BCUT2D eigenvalue weighted by Crippen LogP contribution is -2.11. The van der Waals surface area contributed by atoms with Gasteiger partial charge in [0.05, 0.1) is 11.0 Å². The van der Waals surface area contributed by atoms with Crippen LogP contribution >= 0.6 is 39.1 Å². The number of halogens is 3. The van der Waals surface area contributed by atoms with Gasteiger partial charge in [0.25, 0.3) is 10.1 Å². The van der Waals surface area contributed by atoms with Crippen molar-refractivity contribution >= 4 is 61.2 Å². The zero-order valence-corrected chi connectivity index (χ0v) is 15.9. The van der Waals surface area contributed by atoms with Gasteiger partial charge in [0.1, 0.15) is 0 Å². The Balaban J connectivity index is 0.000000243. The monoisotopic (exact) mass is 451 g/mol. The average molecular weight is 453 g/mol. The lowest BCUT2D eigenvalue weighted by atomic mass is 10.2. The number of carbonyl (C=O) groups is 1. The van der Waals surface area contributed by atoms with Crippen LogP contribution in [0.4, 0.5) is 0 Å². The second kappa shape index (κ2) is 9.19. The Hall–Kier alpha value is -1.38. The third-order valence-electron chi connectivity index (χ3n) is 2.52. The van der Waals surface area contributed by atoms with E-state index in [4.69, 9.17) is 33.5 Å². The maximum absolute atomic E-state index is 10.7. The third kappa shape index (κ3) is 7.46. The van der Waals surface area contributed by atoms with Gasteiger partial charge < -0.3 is 5.73 Å². The van der Waals surface area contributed by atoms with Crippen molar-refractivity contribution in [2.45, 2.75) is 0 Å². The fourth-order valence-electron chi connectivity index (χ4n) is 1.46. The second-order valence-corrected chi connectivity index (χ2v) is 7.33. The number of nitrogens with two attached hydrogens (primary N) is 1. The molecule has 0 heterocycles. The Kier molecular flexibility index (Phi) is 7.92. The van der Waals surface area contributed by atoms with Crippen LogP contribution in [0.15, 0.2) is 52.3 Å². The lowest BCUT2D eigenvalue weighted by Gasteiger charge is -1.98. The highest BCUT2D eigenvalue weighted by Crippen LogP contribution is 2.20. The Morgan fingerprint density at radius 1 is 1.17 bits per heavy atom. The molecule has 0 aliphatic carbocycles. The van der Waals surface area contributed by atoms with Crippen LogP contribution in [0.5, 0.6) is 0 Å². The van der Waals surface area contributed by atoms with Gasteiger partial charge in [-0.25, -0.2) is 0 Å². The van der Waals surface area contributed by atoms with Crippen molar-refractivity contribution in [2.75, 3.05) is 0 Å². The molecule has 24 heavy (non-hydrogen) atoms. The normalized spacial score (nSPS) is 11.0. The Bertz CT molecular complexity index is 870. The van der Waals surface area contributed by atoms with Gasteiger partial charge in [0.2, 0.25) is 5.91 Å². The van der Waals surface area contributed by atoms with E-state index in [1.54, 1.807) is 42.5 Å². The van der Waals surface area contributed by atoms with Crippen LogP contribution in [-0.4, -0.2) is 18.9 Å². The highest BCUT2D eigenvalue weighted by molar-refractivity contribution is 9.10. The van der Waals surface area contributed by atoms with Crippen LogP contribution in [-0.2, 0) is 10.1 Å². The summed E-state index contributed by atoms with van der Waals surface area (Å²) in [5.74, 6) is -0.464. The van der Waals surface area contributed by atoms with Crippen LogP contribution in [0.1, 0.15) is 15.9 Å². The van der Waals surface area contributed by atoms with Gasteiger partial charge in [-0.1, -0.05) is 41.4 Å². The molecular weight excluding hydrogens is 441 g/mol. The van der Waals surface area contributed by atoms with Gasteiger partial charge in [-0.05, 0) is 51.8 Å². The molecule has 0 saturated carbocycles. The maximum Gasteiger partial charge on any atom is 0.287 e. The number of hydrogen-bond donors (Lipinski definition) is 2. The molecule has 0 bridgehead atoms. The number of primary amides is 1. The third-order valence-corrected chi connectivity index (χ3v) is 4.24. The van der Waals surface area contributed by atoms with E-state index in [1.807, 2.05) is 0 Å². The Morgan fingerprint density at radius 3 is 2.29 bits per heavy atom. The quantitative estimate of drug-likeness (QED) is 0.674. The average Bonchev–Trinajstić information content (AvgIpc) is 2.45. The SMILES string of the molecule is NC(=O)c1ccc(Cl)cc1Br.O=S(=O)(O)C=Cc1ccccc1Cl. The molecule has 1 amide bonds. The Morgan fingerprint density at radius 2 is 1.79 bits per heavy atom. The summed E-state index contributed by atoms with van der Waals surface area (Å²) in [7, 11) is -4.08. The van der Waals surface area contributed by atoms with E-state index < -0.39 is 16.0 Å². The number of hydrogen-bond acceptors (Lipinski definition) is 3. The summed E-state index contributed by atoms with van der Waals surface area (Å²) < 4.78 is 29.7. The molecule has 2 rings (SSSR count). The smallest absolute Gasteiger partial charge is 0.287 e. The lowest BCUT2D eigenvalue weighted by molar-refractivity contribution is 0.0999. The highest BCUT2D eigenvalue weighted by atomic mass is 79.9. The summed E-state index contributed by atoms with van der Waals surface area (Å²) in [5, 5.41) is 1.69. The van der Waals surface area contributed by atoms with Crippen molar-refractivity contribution in [1.82, 2.24) is 0 Å². The minimum Gasteiger partial charge on any atom is -0.366 e. The first kappa shape index (κ1) is 20.7. The van der Waals surface area contributed by atoms with Gasteiger partial charge in [-0.15, -0.1) is 0 Å². The van der Waals surface area contributed by atoms with Crippen LogP contribution < -0.4 is 5.73 Å². The van der Waals surface area contributed by atoms with Crippen molar-refractivity contribution < 1.29 is 17.8 Å². The number of rotatable bonds is 3. The molecule has 0 aromatic heterocycles. The molecule has 0 aliphatic heterocycles. The molecule has 3 N–H and O–H groups in total. The van der Waals surface area contributed by atoms with Gasteiger partial charge in [0.15, 0.2) is 0 Å². The molecule has 0 atom stereocenters. The molecule has 0 radical (unpaired) electrons. The fourth-order valence-corrected chi connectivity index (χ4v) is 2.85. The molecule has 0 spiro atoms. The molecule has 9 heteroatoms. The first-order chi connectivity index (χ1) is 11.1. The van der Waals surface area contributed by atoms with Crippen LogP contribution in [0, 0.1) is 0 Å². The molecule has 0 fully saturated rings. The van der Waals surface area contributed by atoms with Gasteiger partial charge in [0, 0.05) is 14.5 Å². The Labute approximate surface area is 158 Å². The number of benzene rings is 2. The summed E-state index contributed by atoms with van der Waals surface area (Å²) in [4.78, 5) is 10.7. The molecule has 2 aromatic rings. The van der Waals surface area contributed by atoms with E-state index in [2.05, 4.69) is 15.9 Å². The molecule has 0 unspecified atom stereocenters. The minimum absolute atomic E-state index is 0.433. The molecule has 0 aliphatic rings. The zero-order valence-electron chi connectivity index (χ0n) is 12.0. The predicted molar refractivity (Wildman–Crippen MR) is 99.7 cm³/mol. The van der Waals surface area contributed by atoms with Crippen LogP contribution in [0.25, 0.3) is 6.08 Å². The predicted octanol–water partition coefficient (Wildman–Crippen LogP) is 4.40. The summed E-state index contributed by atoms with van der Waals surface area (Å²) in [6.45, 7) is 0. The van der Waals surface area contributed by atoms with E-state index in [1.165, 1.54) is 6.08 Å². The number of carbonyl (C=O) groups excluding carboxylic acids is 1. The van der Waals surface area contributed by atoms with E-state index in [9.17, 15) is 13.2 Å². The molecule has 128 valence electrons. The van der Waals surface area contributed by atoms with Gasteiger partial charge in [-0.3, -0.25) is 9.35 Å². The van der Waals surface area contributed by atoms with Gasteiger partial charge in [-0.2, -0.15) is 8.42 Å². The van der Waals surface area contributed by atoms with E-state index in [-0.39, 0.29) is 0 Å². The van der Waals surface area contributed by atoms with Crippen molar-refractivity contribution in [2.24, 2.45) is 5.73 Å². The zero-order chi connectivity index (χ0) is 18.3. The standard InChI is InChI=1S/C8H7ClO3S.C7H5BrClNO/c9-8-4-2-1-3-7(8)5-6-13(10,11)12;8-6-3-4(9)1-2-5(6)7(10)11/h1-6H,(H,10,11,12);1-3H,(H2,10,11). The molecule has 2 aromatic carbocycles. The fraction of sp³-hybridized carbons (Fsp3) is 0. The minimum atomic E-state index is -4.08. The first-order valence-electron chi connectivity index (χ1n) is 6.25. The summed E-state index contributed by atoms with van der Waals surface area (Å²) in [6.07, 6.45) is 1.23. The van der Waals surface area contributed by atoms with E-state index in [0.717, 1.165) is 0 Å². The summed E-state index contributed by atoms with van der Waals surface area (Å²) in [6, 6.07) is 11.5. The summed E-state index contributed by atoms with van der Waals surface area (Å²) >= 11 is 14.5. The van der Waals surface area contributed by atoms with E-state index >= 15 is 0 Å². The maximum atomic E-state index is 10.7. The molecule has 0 saturated heterocycles. The largest absolute Gasteiger partial charge is 0.366 e. The van der Waals surface area contributed by atoms with Crippen molar-refractivity contribution in [1.29, 1.82) is 0 Å². The topological polar surface area (TPSA) is 97.5 Å². The summed E-state index contributed by atoms with van der Waals surface area (Å²) in [5.41, 5.74) is 6.04. The van der Waals surface area contributed by atoms with Crippen molar-refractivity contribution in [3.63, 3.8) is 0 Å². The first-order valence-corrected chi connectivity index (χ1v) is 9.30.